The van der Waals surface area contributed by atoms with Gasteiger partial charge in [-0.05, 0) is 11.6 Å². The molecule has 1 fully saturated rings. The largest absolute Gasteiger partial charge is 0.380 e. The van der Waals surface area contributed by atoms with Gasteiger partial charge in [0.25, 0.3) is 0 Å². The Kier molecular flexibility index (Phi) is 3.74. The Labute approximate surface area is 118 Å². The van der Waals surface area contributed by atoms with Crippen LogP contribution in [0.3, 0.4) is 0 Å². The summed E-state index contributed by atoms with van der Waals surface area (Å²) in [4.78, 5) is 15.8. The van der Waals surface area contributed by atoms with Crippen molar-refractivity contribution in [2.45, 2.75) is 18.8 Å². The van der Waals surface area contributed by atoms with Gasteiger partial charge in [-0.2, -0.15) is 4.98 Å². The van der Waals surface area contributed by atoms with Gasteiger partial charge in [-0.1, -0.05) is 11.2 Å². The van der Waals surface area contributed by atoms with E-state index in [0.29, 0.717) is 13.0 Å². The van der Waals surface area contributed by atoms with Gasteiger partial charge < -0.3 is 9.26 Å². The molecule has 1 aromatic carbocycles. The summed E-state index contributed by atoms with van der Waals surface area (Å²) in [5.74, 6) is -1.46. The standard InChI is InChI=1S/C14H12F2N2O3/c15-9-2-1-8(11(16)6-9)5-13-17-14(21-18-13)10-7-20-4-3-12(10)19/h1-2,6,10H,3-5,7H2. The van der Waals surface area contributed by atoms with Gasteiger partial charge in [0, 0.05) is 18.9 Å². The maximum absolute atomic E-state index is 13.6. The van der Waals surface area contributed by atoms with Gasteiger partial charge in [-0.15, -0.1) is 0 Å². The first-order chi connectivity index (χ1) is 10.1. The average Bonchev–Trinajstić information content (AvgIpc) is 2.91. The highest BCUT2D eigenvalue weighted by Crippen LogP contribution is 2.22. The molecule has 21 heavy (non-hydrogen) atoms. The fourth-order valence-corrected chi connectivity index (χ4v) is 2.17. The van der Waals surface area contributed by atoms with E-state index in [1.807, 2.05) is 0 Å². The van der Waals surface area contributed by atoms with Crippen LogP contribution in [-0.4, -0.2) is 29.1 Å². The minimum absolute atomic E-state index is 0.00980. The number of carbonyl (C=O) groups excluding carboxylic acids is 1. The lowest BCUT2D eigenvalue weighted by Crippen LogP contribution is -2.25. The zero-order valence-electron chi connectivity index (χ0n) is 11.0. The van der Waals surface area contributed by atoms with E-state index in [1.54, 1.807) is 0 Å². The van der Waals surface area contributed by atoms with E-state index in [1.165, 1.54) is 6.07 Å². The van der Waals surface area contributed by atoms with Crippen molar-refractivity contribution in [2.24, 2.45) is 0 Å². The summed E-state index contributed by atoms with van der Waals surface area (Å²) in [7, 11) is 0. The molecule has 0 amide bonds. The maximum atomic E-state index is 13.6. The fourth-order valence-electron chi connectivity index (χ4n) is 2.17. The Bertz CT molecular complexity index is 672. The Balaban J connectivity index is 1.77. The third kappa shape index (κ3) is 2.97. The van der Waals surface area contributed by atoms with Crippen LogP contribution in [-0.2, 0) is 16.0 Å². The van der Waals surface area contributed by atoms with Crippen LogP contribution in [0.25, 0.3) is 0 Å². The summed E-state index contributed by atoms with van der Waals surface area (Å²) < 4.78 is 36.7. The van der Waals surface area contributed by atoms with Crippen molar-refractivity contribution >= 4 is 5.78 Å². The second kappa shape index (κ2) is 5.69. The van der Waals surface area contributed by atoms with E-state index >= 15 is 0 Å². The lowest BCUT2D eigenvalue weighted by molar-refractivity contribution is -0.127. The molecule has 1 aromatic heterocycles. The molecule has 1 aliphatic rings. The Morgan fingerprint density at radius 1 is 1.33 bits per heavy atom. The Morgan fingerprint density at radius 3 is 2.95 bits per heavy atom. The van der Waals surface area contributed by atoms with Crippen LogP contribution in [0.2, 0.25) is 0 Å². The molecule has 1 atom stereocenters. The zero-order chi connectivity index (χ0) is 14.8. The van der Waals surface area contributed by atoms with Gasteiger partial charge in [0.05, 0.1) is 13.2 Å². The number of ether oxygens (including phenoxy) is 1. The highest BCUT2D eigenvalue weighted by atomic mass is 19.1. The number of hydrogen-bond acceptors (Lipinski definition) is 5. The lowest BCUT2D eigenvalue weighted by Gasteiger charge is -2.17. The number of nitrogens with zero attached hydrogens (tertiary/aromatic N) is 2. The average molecular weight is 294 g/mol. The molecule has 2 aromatic rings. The Morgan fingerprint density at radius 2 is 2.19 bits per heavy atom. The Hall–Kier alpha value is -2.15. The zero-order valence-corrected chi connectivity index (χ0v) is 11.0. The topological polar surface area (TPSA) is 65.2 Å². The molecule has 110 valence electrons. The number of Topliss-reactive ketones (excluding diaryl/α,β-unsaturated/α-hetero) is 1. The number of benzene rings is 1. The molecular formula is C14H12F2N2O3. The molecular weight excluding hydrogens is 282 g/mol. The highest BCUT2D eigenvalue weighted by molar-refractivity contribution is 5.85. The van der Waals surface area contributed by atoms with Crippen LogP contribution in [0.1, 0.15) is 29.6 Å². The molecule has 0 bridgehead atoms. The van der Waals surface area contributed by atoms with Gasteiger partial charge in [0.2, 0.25) is 5.89 Å². The highest BCUT2D eigenvalue weighted by Gasteiger charge is 2.29. The van der Waals surface area contributed by atoms with Crippen molar-refractivity contribution in [1.82, 2.24) is 10.1 Å². The maximum Gasteiger partial charge on any atom is 0.239 e. The lowest BCUT2D eigenvalue weighted by atomic mass is 10.0. The normalized spacial score (nSPS) is 19.0. The van der Waals surface area contributed by atoms with Crippen molar-refractivity contribution in [3.63, 3.8) is 0 Å². The second-order valence-electron chi connectivity index (χ2n) is 4.81. The molecule has 1 aliphatic heterocycles. The van der Waals surface area contributed by atoms with Gasteiger partial charge in [0.1, 0.15) is 23.3 Å². The molecule has 2 heterocycles. The predicted molar refractivity (Wildman–Crippen MR) is 66.6 cm³/mol. The predicted octanol–water partition coefficient (Wildman–Crippen LogP) is 2.01. The molecule has 0 spiro atoms. The minimum Gasteiger partial charge on any atom is -0.380 e. The van der Waals surface area contributed by atoms with Gasteiger partial charge >= 0.3 is 0 Å². The van der Waals surface area contributed by atoms with Gasteiger partial charge in [-0.25, -0.2) is 8.78 Å². The minimum atomic E-state index is -0.668. The third-order valence-corrected chi connectivity index (χ3v) is 3.31. The van der Waals surface area contributed by atoms with E-state index in [2.05, 4.69) is 10.1 Å². The first-order valence-corrected chi connectivity index (χ1v) is 6.50. The first kappa shape index (κ1) is 13.8. The number of rotatable bonds is 3. The molecule has 0 saturated carbocycles. The van der Waals surface area contributed by atoms with Gasteiger partial charge in [0.15, 0.2) is 5.82 Å². The monoisotopic (exact) mass is 294 g/mol. The molecule has 7 heteroatoms. The smallest absolute Gasteiger partial charge is 0.239 e. The number of carbonyl (C=O) groups is 1. The van der Waals surface area contributed by atoms with Crippen molar-refractivity contribution in [3.05, 3.63) is 47.1 Å². The van der Waals surface area contributed by atoms with Crippen molar-refractivity contribution in [3.8, 4) is 0 Å². The summed E-state index contributed by atoms with van der Waals surface area (Å²) >= 11 is 0. The van der Waals surface area contributed by atoms with Gasteiger partial charge in [-0.3, -0.25) is 4.79 Å². The summed E-state index contributed by atoms with van der Waals surface area (Å²) in [5.41, 5.74) is 0.259. The van der Waals surface area contributed by atoms with Crippen LogP contribution >= 0.6 is 0 Å². The number of hydrogen-bond donors (Lipinski definition) is 0. The SMILES string of the molecule is O=C1CCOCC1c1nc(Cc2ccc(F)cc2F)no1. The number of ketones is 1. The van der Waals surface area contributed by atoms with Crippen molar-refractivity contribution < 1.29 is 22.8 Å². The molecule has 0 radical (unpaired) electrons. The van der Waals surface area contributed by atoms with E-state index in [4.69, 9.17) is 9.26 Å². The fraction of sp³-hybridized carbons (Fsp3) is 0.357. The van der Waals surface area contributed by atoms with Crippen LogP contribution < -0.4 is 0 Å². The van der Waals surface area contributed by atoms with E-state index in [-0.39, 0.29) is 36.1 Å². The van der Waals surface area contributed by atoms with Crippen LogP contribution in [0.4, 0.5) is 8.78 Å². The second-order valence-corrected chi connectivity index (χ2v) is 4.81. The molecule has 5 nitrogen and oxygen atoms in total. The van der Waals surface area contributed by atoms with Crippen LogP contribution in [0, 0.1) is 11.6 Å². The quantitative estimate of drug-likeness (QED) is 0.866. The number of halogens is 2. The van der Waals surface area contributed by atoms with Crippen LogP contribution in [0.15, 0.2) is 22.7 Å². The van der Waals surface area contributed by atoms with E-state index < -0.39 is 17.6 Å². The summed E-state index contributed by atoms with van der Waals surface area (Å²) in [5, 5.41) is 3.73. The summed E-state index contributed by atoms with van der Waals surface area (Å²) in [6.07, 6.45) is 0.381. The molecule has 3 rings (SSSR count). The van der Waals surface area contributed by atoms with Crippen molar-refractivity contribution in [2.75, 3.05) is 13.2 Å². The van der Waals surface area contributed by atoms with Crippen LogP contribution in [0.5, 0.6) is 0 Å². The molecule has 1 saturated heterocycles. The molecule has 0 aliphatic carbocycles. The summed E-state index contributed by atoms with van der Waals surface area (Å²) in [6.45, 7) is 0.614. The van der Waals surface area contributed by atoms with E-state index in [0.717, 1.165) is 12.1 Å². The molecule has 1 unspecified atom stereocenters. The first-order valence-electron chi connectivity index (χ1n) is 6.50. The van der Waals surface area contributed by atoms with Crippen molar-refractivity contribution in [1.29, 1.82) is 0 Å². The third-order valence-electron chi connectivity index (χ3n) is 3.31. The number of aromatic nitrogens is 2. The van der Waals surface area contributed by atoms with E-state index in [9.17, 15) is 13.6 Å². The summed E-state index contributed by atoms with van der Waals surface area (Å²) in [6, 6.07) is 3.29. The molecule has 0 N–H and O–H groups in total.